The summed E-state index contributed by atoms with van der Waals surface area (Å²) in [5, 5.41) is 22.2. The van der Waals surface area contributed by atoms with Crippen molar-refractivity contribution in [3.8, 4) is 0 Å². The van der Waals surface area contributed by atoms with Crippen LogP contribution in [-0.4, -0.2) is 67.5 Å². The fraction of sp³-hybridized carbons (Fsp3) is 0.407. The number of amides is 1. The highest BCUT2D eigenvalue weighted by molar-refractivity contribution is 9.10. The van der Waals surface area contributed by atoms with E-state index in [0.29, 0.717) is 17.9 Å². The van der Waals surface area contributed by atoms with Crippen molar-refractivity contribution in [2.24, 2.45) is 5.41 Å². The number of nitro benzene ring substituents is 1. The number of aryl methyl sites for hydroxylation is 1. The summed E-state index contributed by atoms with van der Waals surface area (Å²) in [6, 6.07) is 11.6. The second-order valence-electron chi connectivity index (χ2n) is 10.5. The molecule has 11 nitrogen and oxygen atoms in total. The lowest BCUT2D eigenvalue weighted by Gasteiger charge is -2.36. The molecule has 4 rings (SSSR count). The van der Waals surface area contributed by atoms with E-state index in [9.17, 15) is 23.3 Å². The predicted octanol–water partition coefficient (Wildman–Crippen LogP) is 4.43. The summed E-state index contributed by atoms with van der Waals surface area (Å²) in [6.07, 6.45) is 3.07. The quantitative estimate of drug-likeness (QED) is 0.122. The van der Waals surface area contributed by atoms with Gasteiger partial charge in [0.15, 0.2) is 0 Å². The van der Waals surface area contributed by atoms with Crippen LogP contribution in [0.2, 0.25) is 0 Å². The third-order valence-corrected chi connectivity index (χ3v) is 9.57. The van der Waals surface area contributed by atoms with Gasteiger partial charge in [0, 0.05) is 49.6 Å². The zero-order chi connectivity index (χ0) is 29.1. The Morgan fingerprint density at radius 1 is 1.20 bits per heavy atom. The van der Waals surface area contributed by atoms with Crippen LogP contribution in [0.4, 0.5) is 11.4 Å². The standard InChI is InChI=1S/C27H32BrN5O6S/c1-19-4-3-5-21(14-19)30-26(34)25(39-18-27(2)8-9-27)24(16-29)31-10-12-32(13-11-31)40(37,38)17-20-6-7-22(28)23(15-20)33(35)36/h3-7,14-16,29H,8-13,17-18H2,1-2H3,(H,30,34)/b25-24-,29-16?. The maximum Gasteiger partial charge on any atom is 0.293 e. The summed E-state index contributed by atoms with van der Waals surface area (Å²) in [5.41, 5.74) is 1.99. The van der Waals surface area contributed by atoms with Crippen molar-refractivity contribution in [2.75, 3.05) is 38.1 Å². The van der Waals surface area contributed by atoms with Crippen molar-refractivity contribution in [1.29, 1.82) is 5.41 Å². The number of carbonyl (C=O) groups excluding carboxylic acids is 1. The van der Waals surface area contributed by atoms with Crippen molar-refractivity contribution in [3.05, 3.63) is 79.6 Å². The van der Waals surface area contributed by atoms with E-state index in [1.54, 1.807) is 11.0 Å². The van der Waals surface area contributed by atoms with Gasteiger partial charge in [-0.05, 0) is 65.0 Å². The van der Waals surface area contributed by atoms with E-state index in [1.807, 2.05) is 25.1 Å². The molecule has 2 N–H and O–H groups in total. The van der Waals surface area contributed by atoms with Gasteiger partial charge in [-0.3, -0.25) is 14.9 Å². The van der Waals surface area contributed by atoms with E-state index in [0.717, 1.165) is 24.6 Å². The highest BCUT2D eigenvalue weighted by atomic mass is 79.9. The second-order valence-corrected chi connectivity index (χ2v) is 13.3. The number of nitrogens with one attached hydrogen (secondary N) is 2. The first kappa shape index (κ1) is 29.7. The van der Waals surface area contributed by atoms with Gasteiger partial charge in [-0.1, -0.05) is 25.1 Å². The first-order valence-electron chi connectivity index (χ1n) is 12.8. The van der Waals surface area contributed by atoms with Crippen LogP contribution >= 0.6 is 15.9 Å². The largest absolute Gasteiger partial charge is 0.486 e. The number of piperazine rings is 1. The molecule has 1 aliphatic carbocycles. The van der Waals surface area contributed by atoms with Crippen LogP contribution < -0.4 is 5.32 Å². The number of nitro groups is 1. The summed E-state index contributed by atoms with van der Waals surface area (Å²) in [5.74, 6) is -0.816. The molecule has 0 bridgehead atoms. The van der Waals surface area contributed by atoms with E-state index in [-0.39, 0.29) is 59.0 Å². The molecule has 1 saturated heterocycles. The molecular weight excluding hydrogens is 602 g/mol. The Kier molecular flexibility index (Phi) is 8.96. The number of hydrogen-bond acceptors (Lipinski definition) is 8. The molecule has 2 aliphatic rings. The molecule has 1 amide bonds. The molecule has 0 unspecified atom stereocenters. The topological polar surface area (TPSA) is 146 Å². The molecule has 13 heteroatoms. The Balaban J connectivity index is 1.50. The van der Waals surface area contributed by atoms with Crippen molar-refractivity contribution in [1.82, 2.24) is 9.21 Å². The van der Waals surface area contributed by atoms with Crippen molar-refractivity contribution >= 4 is 49.4 Å². The number of ether oxygens (including phenoxy) is 1. The molecule has 1 saturated carbocycles. The summed E-state index contributed by atoms with van der Waals surface area (Å²) >= 11 is 3.11. The minimum absolute atomic E-state index is 0.00310. The molecule has 1 aliphatic heterocycles. The molecule has 214 valence electrons. The van der Waals surface area contributed by atoms with Gasteiger partial charge in [0.25, 0.3) is 11.6 Å². The minimum atomic E-state index is -3.77. The third kappa shape index (κ3) is 7.26. The Morgan fingerprint density at radius 2 is 1.90 bits per heavy atom. The van der Waals surface area contributed by atoms with Crippen LogP contribution in [0.25, 0.3) is 0 Å². The Hall–Kier alpha value is -3.29. The Bertz CT molecular complexity index is 1450. The van der Waals surface area contributed by atoms with Gasteiger partial charge in [0.05, 0.1) is 21.8 Å². The fourth-order valence-corrected chi connectivity index (χ4v) is 6.26. The highest BCUT2D eigenvalue weighted by Gasteiger charge is 2.39. The average Bonchev–Trinajstić information content (AvgIpc) is 3.64. The lowest BCUT2D eigenvalue weighted by atomic mass is 10.1. The zero-order valence-electron chi connectivity index (χ0n) is 22.4. The first-order valence-corrected chi connectivity index (χ1v) is 15.2. The normalized spacial score (nSPS) is 17.5. The highest BCUT2D eigenvalue weighted by Crippen LogP contribution is 2.45. The van der Waals surface area contributed by atoms with Crippen molar-refractivity contribution < 1.29 is 22.9 Å². The van der Waals surface area contributed by atoms with Gasteiger partial charge in [-0.15, -0.1) is 0 Å². The van der Waals surface area contributed by atoms with Crippen molar-refractivity contribution in [2.45, 2.75) is 32.4 Å². The monoisotopic (exact) mass is 633 g/mol. The molecular formula is C27H32BrN5O6S. The number of hydrogen-bond donors (Lipinski definition) is 2. The van der Waals surface area contributed by atoms with Crippen molar-refractivity contribution in [3.63, 3.8) is 0 Å². The Morgan fingerprint density at radius 3 is 2.50 bits per heavy atom. The van der Waals surface area contributed by atoms with E-state index < -0.39 is 20.9 Å². The number of carbonyl (C=O) groups is 1. The van der Waals surface area contributed by atoms with Gasteiger partial charge in [-0.25, -0.2) is 8.42 Å². The Labute approximate surface area is 242 Å². The number of allylic oxidation sites excluding steroid dienone is 1. The van der Waals surface area contributed by atoms with Gasteiger partial charge >= 0.3 is 0 Å². The number of rotatable bonds is 11. The molecule has 1 heterocycles. The maximum absolute atomic E-state index is 13.3. The van der Waals surface area contributed by atoms with Crippen LogP contribution in [0.5, 0.6) is 0 Å². The van der Waals surface area contributed by atoms with E-state index >= 15 is 0 Å². The second kappa shape index (κ2) is 12.1. The van der Waals surface area contributed by atoms with Crippen LogP contribution in [0.15, 0.2) is 58.4 Å². The summed E-state index contributed by atoms with van der Waals surface area (Å²) in [4.78, 5) is 25.8. The molecule has 0 aromatic heterocycles. The molecule has 2 aromatic rings. The molecule has 2 fully saturated rings. The van der Waals surface area contributed by atoms with Gasteiger partial charge in [-0.2, -0.15) is 4.31 Å². The number of anilines is 1. The lowest BCUT2D eigenvalue weighted by Crippen LogP contribution is -2.49. The third-order valence-electron chi connectivity index (χ3n) is 7.05. The first-order chi connectivity index (χ1) is 18.9. The number of halogens is 1. The van der Waals surface area contributed by atoms with E-state index in [1.165, 1.54) is 22.5 Å². The van der Waals surface area contributed by atoms with E-state index in [2.05, 4.69) is 28.2 Å². The molecule has 40 heavy (non-hydrogen) atoms. The maximum atomic E-state index is 13.3. The van der Waals surface area contributed by atoms with Gasteiger partial charge < -0.3 is 20.4 Å². The van der Waals surface area contributed by atoms with Gasteiger partial charge in [0.1, 0.15) is 5.70 Å². The van der Waals surface area contributed by atoms with Crippen LogP contribution in [0, 0.1) is 27.9 Å². The number of nitrogens with zero attached hydrogens (tertiary/aromatic N) is 3. The van der Waals surface area contributed by atoms with E-state index in [4.69, 9.17) is 10.1 Å². The van der Waals surface area contributed by atoms with Crippen LogP contribution in [0.3, 0.4) is 0 Å². The molecule has 2 aromatic carbocycles. The minimum Gasteiger partial charge on any atom is -0.486 e. The summed E-state index contributed by atoms with van der Waals surface area (Å²) in [7, 11) is -3.77. The average molecular weight is 635 g/mol. The zero-order valence-corrected chi connectivity index (χ0v) is 24.8. The summed E-state index contributed by atoms with van der Waals surface area (Å²) in [6.45, 7) is 5.08. The molecule has 0 atom stereocenters. The molecule has 0 spiro atoms. The molecule has 0 radical (unpaired) electrons. The van der Waals surface area contributed by atoms with Crippen LogP contribution in [-0.2, 0) is 25.3 Å². The van der Waals surface area contributed by atoms with Crippen LogP contribution in [0.1, 0.15) is 30.9 Å². The number of benzene rings is 2. The predicted molar refractivity (Wildman–Crippen MR) is 155 cm³/mol. The summed E-state index contributed by atoms with van der Waals surface area (Å²) < 4.78 is 33.9. The SMILES string of the molecule is Cc1cccc(NC(=O)/C(OCC2(C)CC2)=C(\C=N)N2CCN(S(=O)(=O)Cc3ccc(Br)c([N+](=O)[O-])c3)CC2)c1. The fourth-order valence-electron chi connectivity index (χ4n) is 4.37. The lowest BCUT2D eigenvalue weighted by molar-refractivity contribution is -0.385. The van der Waals surface area contributed by atoms with Gasteiger partial charge in [0.2, 0.25) is 15.8 Å². The smallest absolute Gasteiger partial charge is 0.293 e. The number of sulfonamides is 1.